The standard InChI is InChI=1S/C14H22N2O4S/c17-13-3-1-2-10(13)8-16-21(18,19)14-7-6-12(20-14)9-15-11-4-5-11/h6-7,10-11,13,15-17H,1-5,8-9H2. The van der Waals surface area contributed by atoms with Gasteiger partial charge in [-0.25, -0.2) is 13.1 Å². The number of aliphatic hydroxyl groups is 1. The second-order valence-electron chi connectivity index (χ2n) is 5.99. The number of sulfonamides is 1. The maximum Gasteiger partial charge on any atom is 0.273 e. The molecular formula is C14H22N2O4S. The zero-order valence-corrected chi connectivity index (χ0v) is 12.7. The summed E-state index contributed by atoms with van der Waals surface area (Å²) < 4.78 is 32.2. The Labute approximate surface area is 125 Å². The molecule has 6 nitrogen and oxygen atoms in total. The molecule has 0 aliphatic heterocycles. The molecule has 0 bridgehead atoms. The predicted octanol–water partition coefficient (Wildman–Crippen LogP) is 0.971. The SMILES string of the molecule is O=S(=O)(NCC1CCCC1O)c1ccc(CNC2CC2)o1. The minimum atomic E-state index is -3.63. The van der Waals surface area contributed by atoms with Gasteiger partial charge in [0.05, 0.1) is 12.6 Å². The lowest BCUT2D eigenvalue weighted by atomic mass is 10.1. The third kappa shape index (κ3) is 3.85. The van der Waals surface area contributed by atoms with Gasteiger partial charge in [-0.1, -0.05) is 6.42 Å². The van der Waals surface area contributed by atoms with Crippen LogP contribution in [0.4, 0.5) is 0 Å². The van der Waals surface area contributed by atoms with Gasteiger partial charge in [-0.15, -0.1) is 0 Å². The van der Waals surface area contributed by atoms with Crippen molar-refractivity contribution in [3.8, 4) is 0 Å². The molecule has 2 fully saturated rings. The molecule has 1 aromatic heterocycles. The van der Waals surface area contributed by atoms with Gasteiger partial charge in [0.2, 0.25) is 5.09 Å². The van der Waals surface area contributed by atoms with Crippen molar-refractivity contribution in [2.24, 2.45) is 5.92 Å². The summed E-state index contributed by atoms with van der Waals surface area (Å²) in [5.41, 5.74) is 0. The zero-order chi connectivity index (χ0) is 14.9. The van der Waals surface area contributed by atoms with Gasteiger partial charge in [-0.3, -0.25) is 0 Å². The van der Waals surface area contributed by atoms with Gasteiger partial charge in [0.1, 0.15) is 5.76 Å². The number of nitrogens with one attached hydrogen (secondary N) is 2. The summed E-state index contributed by atoms with van der Waals surface area (Å²) in [6, 6.07) is 3.73. The van der Waals surface area contributed by atoms with Crippen molar-refractivity contribution in [2.45, 2.75) is 55.9 Å². The lowest BCUT2D eigenvalue weighted by molar-refractivity contribution is 0.134. The molecule has 3 N–H and O–H groups in total. The Morgan fingerprint density at radius 1 is 1.24 bits per heavy atom. The minimum absolute atomic E-state index is 0.00532. The van der Waals surface area contributed by atoms with Crippen LogP contribution in [0, 0.1) is 5.92 Å². The molecule has 0 aromatic carbocycles. The predicted molar refractivity (Wildman–Crippen MR) is 77.1 cm³/mol. The van der Waals surface area contributed by atoms with Crippen LogP contribution in [-0.4, -0.2) is 32.2 Å². The Morgan fingerprint density at radius 2 is 2.05 bits per heavy atom. The largest absolute Gasteiger partial charge is 0.447 e. The normalized spacial score (nSPS) is 26.3. The summed E-state index contributed by atoms with van der Waals surface area (Å²) in [6.07, 6.45) is 4.52. The van der Waals surface area contributed by atoms with Gasteiger partial charge in [0.15, 0.2) is 0 Å². The van der Waals surface area contributed by atoms with E-state index in [-0.39, 0.29) is 17.6 Å². The van der Waals surface area contributed by atoms with Crippen molar-refractivity contribution in [1.82, 2.24) is 10.0 Å². The van der Waals surface area contributed by atoms with Crippen molar-refractivity contribution in [2.75, 3.05) is 6.54 Å². The highest BCUT2D eigenvalue weighted by Crippen LogP contribution is 2.25. The number of aliphatic hydroxyl groups excluding tert-OH is 1. The van der Waals surface area contributed by atoms with E-state index in [1.807, 2.05) is 0 Å². The molecule has 118 valence electrons. The van der Waals surface area contributed by atoms with E-state index < -0.39 is 16.1 Å². The molecule has 2 aliphatic rings. The molecule has 2 aliphatic carbocycles. The van der Waals surface area contributed by atoms with E-state index >= 15 is 0 Å². The van der Waals surface area contributed by atoms with E-state index in [0.29, 0.717) is 18.3 Å². The second kappa shape index (κ2) is 6.08. The Balaban J connectivity index is 1.55. The monoisotopic (exact) mass is 314 g/mol. The quantitative estimate of drug-likeness (QED) is 0.697. The van der Waals surface area contributed by atoms with Crippen molar-refractivity contribution >= 4 is 10.0 Å². The Hall–Kier alpha value is -0.890. The van der Waals surface area contributed by atoms with Gasteiger partial charge < -0.3 is 14.8 Å². The van der Waals surface area contributed by atoms with Crippen LogP contribution in [0.25, 0.3) is 0 Å². The Bertz CT molecular complexity index is 580. The van der Waals surface area contributed by atoms with Crippen LogP contribution in [0.2, 0.25) is 0 Å². The lowest BCUT2D eigenvalue weighted by Gasteiger charge is -2.14. The maximum absolute atomic E-state index is 12.2. The van der Waals surface area contributed by atoms with Crippen LogP contribution in [0.1, 0.15) is 37.9 Å². The summed E-state index contributed by atoms with van der Waals surface area (Å²) >= 11 is 0. The van der Waals surface area contributed by atoms with Crippen LogP contribution in [-0.2, 0) is 16.6 Å². The summed E-state index contributed by atoms with van der Waals surface area (Å²) in [7, 11) is -3.63. The van der Waals surface area contributed by atoms with Gasteiger partial charge >= 0.3 is 0 Å². The van der Waals surface area contributed by atoms with E-state index in [4.69, 9.17) is 4.42 Å². The first-order valence-corrected chi connectivity index (χ1v) is 9.03. The van der Waals surface area contributed by atoms with Crippen molar-refractivity contribution in [3.63, 3.8) is 0 Å². The maximum atomic E-state index is 12.2. The average Bonchev–Trinajstić information content (AvgIpc) is 2.98. The summed E-state index contributed by atoms with van der Waals surface area (Å²) in [4.78, 5) is 0. The second-order valence-corrected chi connectivity index (χ2v) is 7.68. The van der Waals surface area contributed by atoms with E-state index in [0.717, 1.165) is 19.3 Å². The first kappa shape index (κ1) is 15.0. The molecule has 7 heteroatoms. The summed E-state index contributed by atoms with van der Waals surface area (Å²) in [5.74, 6) is 0.633. The molecule has 0 spiro atoms. The molecular weight excluding hydrogens is 292 g/mol. The Morgan fingerprint density at radius 3 is 2.71 bits per heavy atom. The molecule has 1 heterocycles. The molecule has 2 unspecified atom stereocenters. The van der Waals surface area contributed by atoms with Crippen molar-refractivity contribution in [1.29, 1.82) is 0 Å². The molecule has 21 heavy (non-hydrogen) atoms. The molecule has 0 radical (unpaired) electrons. The van der Waals surface area contributed by atoms with Crippen LogP contribution in [0.15, 0.2) is 21.6 Å². The van der Waals surface area contributed by atoms with Crippen molar-refractivity contribution < 1.29 is 17.9 Å². The number of rotatable bonds is 7. The van der Waals surface area contributed by atoms with Crippen LogP contribution in [0.3, 0.4) is 0 Å². The number of hydrogen-bond acceptors (Lipinski definition) is 5. The smallest absolute Gasteiger partial charge is 0.273 e. The first-order chi connectivity index (χ1) is 10.0. The van der Waals surface area contributed by atoms with Crippen LogP contribution < -0.4 is 10.0 Å². The molecule has 0 saturated heterocycles. The van der Waals surface area contributed by atoms with Crippen LogP contribution in [0.5, 0.6) is 0 Å². The van der Waals surface area contributed by atoms with Crippen LogP contribution >= 0.6 is 0 Å². The highest BCUT2D eigenvalue weighted by Gasteiger charge is 2.28. The zero-order valence-electron chi connectivity index (χ0n) is 11.9. The van der Waals surface area contributed by atoms with Gasteiger partial charge in [-0.05, 0) is 43.7 Å². The topological polar surface area (TPSA) is 91.6 Å². The highest BCUT2D eigenvalue weighted by molar-refractivity contribution is 7.89. The van der Waals surface area contributed by atoms with E-state index in [1.54, 1.807) is 6.07 Å². The third-order valence-corrected chi connectivity index (χ3v) is 5.49. The summed E-state index contributed by atoms with van der Waals surface area (Å²) in [5, 5.41) is 12.9. The van der Waals surface area contributed by atoms with Crippen molar-refractivity contribution in [3.05, 3.63) is 17.9 Å². The fraction of sp³-hybridized carbons (Fsp3) is 0.714. The van der Waals surface area contributed by atoms with Gasteiger partial charge in [0, 0.05) is 12.6 Å². The molecule has 3 rings (SSSR count). The fourth-order valence-corrected chi connectivity index (χ4v) is 3.71. The van der Waals surface area contributed by atoms with Gasteiger partial charge in [0.25, 0.3) is 10.0 Å². The highest BCUT2D eigenvalue weighted by atomic mass is 32.2. The third-order valence-electron chi connectivity index (χ3n) is 4.20. The molecule has 1 aromatic rings. The van der Waals surface area contributed by atoms with E-state index in [1.165, 1.54) is 18.9 Å². The average molecular weight is 314 g/mol. The van der Waals surface area contributed by atoms with E-state index in [9.17, 15) is 13.5 Å². The van der Waals surface area contributed by atoms with Gasteiger partial charge in [-0.2, -0.15) is 0 Å². The lowest BCUT2D eigenvalue weighted by Crippen LogP contribution is -2.32. The summed E-state index contributed by atoms with van der Waals surface area (Å²) in [6.45, 7) is 0.821. The fourth-order valence-electron chi connectivity index (χ4n) is 2.67. The molecule has 0 amide bonds. The number of hydrogen-bond donors (Lipinski definition) is 3. The first-order valence-electron chi connectivity index (χ1n) is 7.54. The number of furan rings is 1. The minimum Gasteiger partial charge on any atom is -0.447 e. The Kier molecular flexibility index (Phi) is 4.35. The van der Waals surface area contributed by atoms with E-state index in [2.05, 4.69) is 10.0 Å². The molecule has 2 saturated carbocycles. The molecule has 2 atom stereocenters.